The minimum atomic E-state index is -3.76. The lowest BCUT2D eigenvalue weighted by molar-refractivity contribution is -0.116. The average Bonchev–Trinajstić information content (AvgIpc) is 2.61. The minimum Gasteiger partial charge on any atom is -0.493 e. The van der Waals surface area contributed by atoms with Gasteiger partial charge < -0.3 is 20.1 Å². The number of carbonyl (C=O) groups is 1. The zero-order valence-electron chi connectivity index (χ0n) is 14.6. The van der Waals surface area contributed by atoms with Crippen molar-refractivity contribution in [3.05, 3.63) is 42.5 Å². The first-order valence-electron chi connectivity index (χ1n) is 7.67. The number of nitrogens with two attached hydrogens (primary N) is 1. The second kappa shape index (κ2) is 8.07. The molecule has 0 aliphatic carbocycles. The van der Waals surface area contributed by atoms with Crippen LogP contribution in [0.3, 0.4) is 0 Å². The number of amides is 1. The Morgan fingerprint density at radius 1 is 1.00 bits per heavy atom. The molecule has 0 saturated carbocycles. The number of methoxy groups -OCH3 is 2. The van der Waals surface area contributed by atoms with E-state index in [-0.39, 0.29) is 10.8 Å². The molecule has 1 amide bonds. The summed E-state index contributed by atoms with van der Waals surface area (Å²) in [6.07, 6.45) is 0. The Labute approximate surface area is 152 Å². The van der Waals surface area contributed by atoms with Crippen LogP contribution in [0.4, 0.5) is 11.4 Å². The molecule has 0 saturated heterocycles. The Morgan fingerprint density at radius 3 is 2.12 bits per heavy atom. The summed E-state index contributed by atoms with van der Waals surface area (Å²) in [6, 6.07) is 10.3. The van der Waals surface area contributed by atoms with E-state index in [0.717, 1.165) is 0 Å². The first kappa shape index (κ1) is 19.5. The summed E-state index contributed by atoms with van der Waals surface area (Å²) in [5.41, 5.74) is 1.15. The molecule has 9 heteroatoms. The summed E-state index contributed by atoms with van der Waals surface area (Å²) >= 11 is 0. The number of primary sulfonamides is 1. The van der Waals surface area contributed by atoms with Crippen LogP contribution in [0.1, 0.15) is 6.92 Å². The van der Waals surface area contributed by atoms with Crippen molar-refractivity contribution in [1.82, 2.24) is 0 Å². The fourth-order valence-electron chi connectivity index (χ4n) is 2.22. The molecule has 0 spiro atoms. The van der Waals surface area contributed by atoms with Crippen molar-refractivity contribution < 1.29 is 22.7 Å². The number of ether oxygens (including phenoxy) is 2. The van der Waals surface area contributed by atoms with Crippen molar-refractivity contribution in [2.45, 2.75) is 17.9 Å². The van der Waals surface area contributed by atoms with E-state index < -0.39 is 16.1 Å². The third-order valence-corrected chi connectivity index (χ3v) is 4.54. The summed E-state index contributed by atoms with van der Waals surface area (Å²) < 4.78 is 32.9. The number of benzene rings is 2. The van der Waals surface area contributed by atoms with Gasteiger partial charge in [0.15, 0.2) is 11.5 Å². The molecular formula is C17H21N3O5S. The number of rotatable bonds is 7. The van der Waals surface area contributed by atoms with Crippen LogP contribution in [-0.2, 0) is 14.8 Å². The van der Waals surface area contributed by atoms with E-state index in [1.165, 1.54) is 31.4 Å². The van der Waals surface area contributed by atoms with E-state index in [1.54, 1.807) is 32.2 Å². The highest BCUT2D eigenvalue weighted by Gasteiger charge is 2.15. The third kappa shape index (κ3) is 4.87. The molecule has 2 aromatic carbocycles. The Morgan fingerprint density at radius 2 is 1.58 bits per heavy atom. The standard InChI is InChI=1S/C17H21N3O5S/c1-11(19-13-6-9-15(24-2)16(10-13)25-3)17(21)20-12-4-7-14(8-5-12)26(18,22)23/h4-11,19H,1-3H3,(H,20,21)(H2,18,22,23)/t11-/m0/s1. The molecule has 1 atom stereocenters. The molecule has 140 valence electrons. The Bertz CT molecular complexity index is 882. The molecular weight excluding hydrogens is 358 g/mol. The van der Waals surface area contributed by atoms with Gasteiger partial charge in [-0.2, -0.15) is 0 Å². The van der Waals surface area contributed by atoms with Gasteiger partial charge >= 0.3 is 0 Å². The molecule has 2 rings (SSSR count). The van der Waals surface area contributed by atoms with E-state index >= 15 is 0 Å². The smallest absolute Gasteiger partial charge is 0.246 e. The fourth-order valence-corrected chi connectivity index (χ4v) is 2.74. The van der Waals surface area contributed by atoms with Crippen LogP contribution in [0.25, 0.3) is 0 Å². The van der Waals surface area contributed by atoms with E-state index in [0.29, 0.717) is 22.9 Å². The van der Waals surface area contributed by atoms with Gasteiger partial charge in [-0.3, -0.25) is 4.79 Å². The van der Waals surface area contributed by atoms with E-state index in [9.17, 15) is 13.2 Å². The van der Waals surface area contributed by atoms with Crippen molar-refractivity contribution in [2.24, 2.45) is 5.14 Å². The van der Waals surface area contributed by atoms with Crippen molar-refractivity contribution >= 4 is 27.3 Å². The van der Waals surface area contributed by atoms with Crippen molar-refractivity contribution in [2.75, 3.05) is 24.9 Å². The number of hydrogen-bond donors (Lipinski definition) is 3. The fraction of sp³-hybridized carbons (Fsp3) is 0.235. The van der Waals surface area contributed by atoms with E-state index in [1.807, 2.05) is 0 Å². The number of hydrogen-bond acceptors (Lipinski definition) is 6. The molecule has 0 fully saturated rings. The number of nitrogens with one attached hydrogen (secondary N) is 2. The Balaban J connectivity index is 2.03. The normalized spacial score (nSPS) is 12.2. The maximum atomic E-state index is 12.3. The Hall–Kier alpha value is -2.78. The maximum absolute atomic E-state index is 12.3. The van der Waals surface area contributed by atoms with Gasteiger partial charge in [-0.1, -0.05) is 0 Å². The van der Waals surface area contributed by atoms with Crippen LogP contribution in [0.2, 0.25) is 0 Å². The van der Waals surface area contributed by atoms with Gasteiger partial charge in [0.1, 0.15) is 6.04 Å². The minimum absolute atomic E-state index is 0.0213. The molecule has 4 N–H and O–H groups in total. The average molecular weight is 379 g/mol. The molecule has 0 aliphatic rings. The molecule has 8 nitrogen and oxygen atoms in total. The van der Waals surface area contributed by atoms with Crippen LogP contribution in [0.5, 0.6) is 11.5 Å². The van der Waals surface area contributed by atoms with E-state index in [4.69, 9.17) is 14.6 Å². The first-order valence-corrected chi connectivity index (χ1v) is 9.21. The van der Waals surface area contributed by atoms with Crippen LogP contribution in [-0.4, -0.2) is 34.6 Å². The molecule has 0 radical (unpaired) electrons. The van der Waals surface area contributed by atoms with Gasteiger partial charge in [-0.05, 0) is 43.3 Å². The highest BCUT2D eigenvalue weighted by molar-refractivity contribution is 7.89. The van der Waals surface area contributed by atoms with E-state index in [2.05, 4.69) is 10.6 Å². The molecule has 0 bridgehead atoms. The highest BCUT2D eigenvalue weighted by Crippen LogP contribution is 2.30. The van der Waals surface area contributed by atoms with Crippen molar-refractivity contribution in [1.29, 1.82) is 0 Å². The highest BCUT2D eigenvalue weighted by atomic mass is 32.2. The summed E-state index contributed by atoms with van der Waals surface area (Å²) in [4.78, 5) is 12.3. The second-order valence-corrected chi connectivity index (χ2v) is 7.06. The van der Waals surface area contributed by atoms with Crippen LogP contribution < -0.4 is 25.2 Å². The molecule has 0 heterocycles. The molecule has 26 heavy (non-hydrogen) atoms. The van der Waals surface area contributed by atoms with Crippen LogP contribution >= 0.6 is 0 Å². The largest absolute Gasteiger partial charge is 0.493 e. The van der Waals surface area contributed by atoms with Crippen molar-refractivity contribution in [3.63, 3.8) is 0 Å². The monoisotopic (exact) mass is 379 g/mol. The lowest BCUT2D eigenvalue weighted by Crippen LogP contribution is -2.31. The topological polar surface area (TPSA) is 120 Å². The van der Waals surface area contributed by atoms with Crippen LogP contribution in [0.15, 0.2) is 47.4 Å². The van der Waals surface area contributed by atoms with Gasteiger partial charge in [-0.15, -0.1) is 0 Å². The molecule has 0 unspecified atom stereocenters. The number of anilines is 2. The first-order chi connectivity index (χ1) is 12.2. The van der Waals surface area contributed by atoms with Gasteiger partial charge in [0.25, 0.3) is 0 Å². The van der Waals surface area contributed by atoms with Gasteiger partial charge in [0.2, 0.25) is 15.9 Å². The lowest BCUT2D eigenvalue weighted by Gasteiger charge is -2.17. The molecule has 2 aromatic rings. The summed E-state index contributed by atoms with van der Waals surface area (Å²) in [5.74, 6) is 0.844. The zero-order valence-corrected chi connectivity index (χ0v) is 15.5. The molecule has 0 aliphatic heterocycles. The van der Waals surface area contributed by atoms with Gasteiger partial charge in [-0.25, -0.2) is 13.6 Å². The predicted octanol–water partition coefficient (Wildman–Crippen LogP) is 1.79. The predicted molar refractivity (Wildman–Crippen MR) is 99.1 cm³/mol. The lowest BCUT2D eigenvalue weighted by atomic mass is 10.2. The zero-order chi connectivity index (χ0) is 19.3. The van der Waals surface area contributed by atoms with Gasteiger partial charge in [0, 0.05) is 17.4 Å². The maximum Gasteiger partial charge on any atom is 0.246 e. The quantitative estimate of drug-likeness (QED) is 0.675. The van der Waals surface area contributed by atoms with Gasteiger partial charge in [0.05, 0.1) is 19.1 Å². The Kier molecular flexibility index (Phi) is 6.06. The number of carbonyl (C=O) groups excluding carboxylic acids is 1. The molecule has 0 aromatic heterocycles. The van der Waals surface area contributed by atoms with Crippen molar-refractivity contribution in [3.8, 4) is 11.5 Å². The summed E-state index contributed by atoms with van der Waals surface area (Å²) in [7, 11) is -0.690. The number of sulfonamides is 1. The SMILES string of the molecule is COc1ccc(N[C@@H](C)C(=O)Nc2ccc(S(N)(=O)=O)cc2)cc1OC. The third-order valence-electron chi connectivity index (χ3n) is 3.61. The summed E-state index contributed by atoms with van der Waals surface area (Å²) in [5, 5.41) is 10.8. The second-order valence-electron chi connectivity index (χ2n) is 5.49. The van der Waals surface area contributed by atoms with Crippen LogP contribution in [0, 0.1) is 0 Å². The summed E-state index contributed by atoms with van der Waals surface area (Å²) in [6.45, 7) is 1.70.